The zero-order valence-electron chi connectivity index (χ0n) is 18.3. The summed E-state index contributed by atoms with van der Waals surface area (Å²) in [5.41, 5.74) is 2.78. The second-order valence-corrected chi connectivity index (χ2v) is 8.64. The van der Waals surface area contributed by atoms with Crippen molar-refractivity contribution in [3.05, 3.63) is 112 Å². The van der Waals surface area contributed by atoms with E-state index in [9.17, 15) is 4.79 Å². The van der Waals surface area contributed by atoms with Crippen LogP contribution in [0.3, 0.4) is 0 Å². The molecule has 0 spiro atoms. The molecule has 0 unspecified atom stereocenters. The van der Waals surface area contributed by atoms with Gasteiger partial charge in [-0.1, -0.05) is 64.5 Å². The molecule has 0 bridgehead atoms. The predicted octanol–water partition coefficient (Wildman–Crippen LogP) is 6.53. The molecule has 1 aliphatic heterocycles. The Kier molecular flexibility index (Phi) is 6.14. The van der Waals surface area contributed by atoms with Gasteiger partial charge in [-0.05, 0) is 64.4 Å². The summed E-state index contributed by atoms with van der Waals surface area (Å²) in [6.45, 7) is 0.413. The van der Waals surface area contributed by atoms with E-state index < -0.39 is 5.97 Å². The molecule has 0 saturated carbocycles. The molecular weight excluding hydrogens is 494 g/mol. The van der Waals surface area contributed by atoms with E-state index in [4.69, 9.17) is 14.2 Å². The van der Waals surface area contributed by atoms with Crippen LogP contribution in [0.15, 0.2) is 100 Å². The zero-order chi connectivity index (χ0) is 23.5. The Hall–Kier alpha value is -3.90. The summed E-state index contributed by atoms with van der Waals surface area (Å²) in [5.74, 6) is 0.986. The summed E-state index contributed by atoms with van der Waals surface area (Å²) in [6, 6.07) is 27.3. The standard InChI is InChI=1S/C28H20BrNO4/c1-32-26-15-19(8-13-25(26)33-17-18-6-11-23(29)12-7-18)14-24-28(31)34-27(30-24)22-10-9-20-4-2-3-5-21(20)16-22/h2-16H,17H2,1H3/b24-14-. The molecule has 0 atom stereocenters. The first-order valence-corrected chi connectivity index (χ1v) is 11.5. The lowest BCUT2D eigenvalue weighted by molar-refractivity contribution is -0.129. The van der Waals surface area contributed by atoms with Gasteiger partial charge >= 0.3 is 5.97 Å². The summed E-state index contributed by atoms with van der Waals surface area (Å²) in [4.78, 5) is 16.9. The van der Waals surface area contributed by atoms with Crippen LogP contribution in [0.2, 0.25) is 0 Å². The van der Waals surface area contributed by atoms with Gasteiger partial charge in [0.05, 0.1) is 7.11 Å². The number of hydrogen-bond acceptors (Lipinski definition) is 5. The van der Waals surface area contributed by atoms with Crippen molar-refractivity contribution in [2.75, 3.05) is 7.11 Å². The van der Waals surface area contributed by atoms with Crippen molar-refractivity contribution in [2.45, 2.75) is 6.61 Å². The molecule has 0 amide bonds. The lowest BCUT2D eigenvalue weighted by Gasteiger charge is -2.11. The van der Waals surface area contributed by atoms with E-state index >= 15 is 0 Å². The predicted molar refractivity (Wildman–Crippen MR) is 136 cm³/mol. The van der Waals surface area contributed by atoms with Crippen LogP contribution in [0.5, 0.6) is 11.5 Å². The number of carbonyl (C=O) groups excluding carboxylic acids is 1. The smallest absolute Gasteiger partial charge is 0.363 e. The van der Waals surface area contributed by atoms with Crippen LogP contribution in [-0.4, -0.2) is 19.0 Å². The minimum absolute atomic E-state index is 0.230. The quantitative estimate of drug-likeness (QED) is 0.217. The summed E-state index contributed by atoms with van der Waals surface area (Å²) in [7, 11) is 1.58. The normalized spacial score (nSPS) is 14.2. The molecule has 5 nitrogen and oxygen atoms in total. The molecule has 4 aromatic rings. The highest BCUT2D eigenvalue weighted by Gasteiger charge is 2.24. The lowest BCUT2D eigenvalue weighted by Crippen LogP contribution is -2.05. The highest BCUT2D eigenvalue weighted by Crippen LogP contribution is 2.31. The Morgan fingerprint density at radius 1 is 0.912 bits per heavy atom. The van der Waals surface area contributed by atoms with Crippen molar-refractivity contribution in [3.8, 4) is 11.5 Å². The molecule has 6 heteroatoms. The fourth-order valence-corrected chi connectivity index (χ4v) is 3.91. The molecule has 0 fully saturated rings. The summed E-state index contributed by atoms with van der Waals surface area (Å²) in [5, 5.41) is 2.17. The Labute approximate surface area is 205 Å². The maximum Gasteiger partial charge on any atom is 0.363 e. The monoisotopic (exact) mass is 513 g/mol. The van der Waals surface area contributed by atoms with E-state index in [1.54, 1.807) is 19.3 Å². The van der Waals surface area contributed by atoms with Crippen LogP contribution in [0, 0.1) is 0 Å². The van der Waals surface area contributed by atoms with Gasteiger partial charge in [-0.25, -0.2) is 9.79 Å². The average Bonchev–Trinajstić information content (AvgIpc) is 3.23. The van der Waals surface area contributed by atoms with Gasteiger partial charge in [0.15, 0.2) is 17.2 Å². The maximum absolute atomic E-state index is 12.5. The number of ether oxygens (including phenoxy) is 3. The average molecular weight is 514 g/mol. The first kappa shape index (κ1) is 21.9. The van der Waals surface area contributed by atoms with Gasteiger partial charge < -0.3 is 14.2 Å². The van der Waals surface area contributed by atoms with E-state index in [2.05, 4.69) is 20.9 Å². The Morgan fingerprint density at radius 3 is 2.50 bits per heavy atom. The van der Waals surface area contributed by atoms with Crippen molar-refractivity contribution in [1.82, 2.24) is 0 Å². The molecule has 4 aromatic carbocycles. The van der Waals surface area contributed by atoms with Gasteiger partial charge in [0.1, 0.15) is 6.61 Å². The maximum atomic E-state index is 12.5. The number of rotatable bonds is 6. The summed E-state index contributed by atoms with van der Waals surface area (Å²) in [6.07, 6.45) is 1.68. The van der Waals surface area contributed by atoms with E-state index in [0.717, 1.165) is 31.9 Å². The number of methoxy groups -OCH3 is 1. The van der Waals surface area contributed by atoms with Crippen LogP contribution in [0.1, 0.15) is 16.7 Å². The molecule has 1 heterocycles. The highest BCUT2D eigenvalue weighted by molar-refractivity contribution is 9.10. The fraction of sp³-hybridized carbons (Fsp3) is 0.0714. The Morgan fingerprint density at radius 2 is 1.71 bits per heavy atom. The molecule has 0 aromatic heterocycles. The van der Waals surface area contributed by atoms with Crippen LogP contribution >= 0.6 is 15.9 Å². The number of hydrogen-bond donors (Lipinski definition) is 0. The third kappa shape index (κ3) is 4.72. The zero-order valence-corrected chi connectivity index (χ0v) is 19.9. The molecule has 0 aliphatic carbocycles. The number of nitrogens with zero attached hydrogens (tertiary/aromatic N) is 1. The summed E-state index contributed by atoms with van der Waals surface area (Å²) >= 11 is 3.43. The molecular formula is C28H20BrNO4. The number of esters is 1. The first-order chi connectivity index (χ1) is 16.6. The van der Waals surface area contributed by atoms with Crippen LogP contribution in [0.4, 0.5) is 0 Å². The summed E-state index contributed by atoms with van der Waals surface area (Å²) < 4.78 is 17.9. The van der Waals surface area contributed by atoms with E-state index in [0.29, 0.717) is 24.0 Å². The fourth-order valence-electron chi connectivity index (χ4n) is 3.65. The van der Waals surface area contributed by atoms with E-state index in [-0.39, 0.29) is 5.70 Å². The second kappa shape index (κ2) is 9.53. The molecule has 168 valence electrons. The second-order valence-electron chi connectivity index (χ2n) is 7.72. The molecule has 1 aliphatic rings. The van der Waals surface area contributed by atoms with Gasteiger partial charge in [-0.15, -0.1) is 0 Å². The van der Waals surface area contributed by atoms with Crippen molar-refractivity contribution < 1.29 is 19.0 Å². The van der Waals surface area contributed by atoms with Crippen molar-refractivity contribution >= 4 is 44.6 Å². The SMILES string of the molecule is COc1cc(/C=C2\N=C(c3ccc4ccccc4c3)OC2=O)ccc1OCc1ccc(Br)cc1. The number of carbonyl (C=O) groups is 1. The van der Waals surface area contributed by atoms with Gasteiger partial charge in [-0.3, -0.25) is 0 Å². The van der Waals surface area contributed by atoms with Crippen LogP contribution < -0.4 is 9.47 Å². The number of fused-ring (bicyclic) bond motifs is 1. The topological polar surface area (TPSA) is 57.1 Å². The minimum Gasteiger partial charge on any atom is -0.493 e. The molecule has 0 saturated heterocycles. The van der Waals surface area contributed by atoms with Gasteiger partial charge in [0, 0.05) is 10.0 Å². The number of benzene rings is 4. The number of cyclic esters (lactones) is 1. The van der Waals surface area contributed by atoms with E-state index in [1.165, 1.54) is 0 Å². The number of aliphatic imine (C=N–C) groups is 1. The Balaban J connectivity index is 1.36. The Bertz CT molecular complexity index is 1440. The van der Waals surface area contributed by atoms with Gasteiger partial charge in [0.2, 0.25) is 5.90 Å². The van der Waals surface area contributed by atoms with Crippen molar-refractivity contribution in [1.29, 1.82) is 0 Å². The largest absolute Gasteiger partial charge is 0.493 e. The molecule has 5 rings (SSSR count). The first-order valence-electron chi connectivity index (χ1n) is 10.7. The molecule has 34 heavy (non-hydrogen) atoms. The third-order valence-electron chi connectivity index (χ3n) is 5.42. The van der Waals surface area contributed by atoms with Crippen LogP contribution in [0.25, 0.3) is 16.8 Å². The van der Waals surface area contributed by atoms with Crippen molar-refractivity contribution in [2.24, 2.45) is 4.99 Å². The number of halogens is 1. The lowest BCUT2D eigenvalue weighted by atomic mass is 10.1. The van der Waals surface area contributed by atoms with Gasteiger partial charge in [0.25, 0.3) is 0 Å². The van der Waals surface area contributed by atoms with Crippen LogP contribution in [-0.2, 0) is 16.1 Å². The van der Waals surface area contributed by atoms with Gasteiger partial charge in [-0.2, -0.15) is 0 Å². The molecule has 0 radical (unpaired) electrons. The molecule has 0 N–H and O–H groups in total. The minimum atomic E-state index is -0.488. The van der Waals surface area contributed by atoms with Crippen molar-refractivity contribution in [3.63, 3.8) is 0 Å². The highest BCUT2D eigenvalue weighted by atomic mass is 79.9. The third-order valence-corrected chi connectivity index (χ3v) is 5.94. The van der Waals surface area contributed by atoms with E-state index in [1.807, 2.05) is 78.9 Å².